The minimum Gasteiger partial charge on any atom is -0.338 e. The van der Waals surface area contributed by atoms with E-state index in [-0.39, 0.29) is 5.91 Å². The molecule has 0 N–H and O–H groups in total. The molecule has 1 saturated heterocycles. The Hall–Kier alpha value is -0.720. The second-order valence-corrected chi connectivity index (χ2v) is 5.37. The average Bonchev–Trinajstić information content (AvgIpc) is 2.28. The molecule has 0 spiro atoms. The van der Waals surface area contributed by atoms with E-state index in [2.05, 4.69) is 0 Å². The molecule has 0 atom stereocenters. The van der Waals surface area contributed by atoms with Crippen LogP contribution in [-0.2, 0) is 0 Å². The summed E-state index contributed by atoms with van der Waals surface area (Å²) in [6.07, 6.45) is -0.0669. The molecular formula is C12H12F2INO. The zero-order valence-electron chi connectivity index (χ0n) is 9.13. The van der Waals surface area contributed by atoms with Crippen LogP contribution in [0, 0.1) is 9.39 Å². The summed E-state index contributed by atoms with van der Waals surface area (Å²) in [5.74, 6) is -0.630. The maximum Gasteiger partial charge on any atom is 0.253 e. The molecule has 1 aliphatic rings. The van der Waals surface area contributed by atoms with Gasteiger partial charge >= 0.3 is 0 Å². The van der Waals surface area contributed by atoms with E-state index in [9.17, 15) is 13.6 Å². The molecule has 5 heteroatoms. The van der Waals surface area contributed by atoms with Crippen LogP contribution >= 0.6 is 22.6 Å². The van der Waals surface area contributed by atoms with Gasteiger partial charge in [0, 0.05) is 22.2 Å². The molecule has 2 rings (SSSR count). The van der Waals surface area contributed by atoms with Crippen molar-refractivity contribution < 1.29 is 13.6 Å². The summed E-state index contributed by atoms with van der Waals surface area (Å²) >= 11 is 1.97. The Morgan fingerprint density at radius 2 is 1.94 bits per heavy atom. The van der Waals surface area contributed by atoms with Crippen LogP contribution in [0.15, 0.2) is 18.2 Å². The molecule has 92 valence electrons. The van der Waals surface area contributed by atoms with Gasteiger partial charge in [0.15, 0.2) is 0 Å². The normalized spacial score (nSPS) is 17.2. The molecule has 0 unspecified atom stereocenters. The third-order valence-electron chi connectivity index (χ3n) is 2.82. The Balaban J connectivity index is 2.14. The molecule has 0 radical (unpaired) electrons. The van der Waals surface area contributed by atoms with Crippen LogP contribution in [0.2, 0.25) is 0 Å². The number of hydrogen-bond donors (Lipinski definition) is 0. The number of carbonyl (C=O) groups is 1. The van der Waals surface area contributed by atoms with Crippen molar-refractivity contribution in [1.82, 2.24) is 4.90 Å². The van der Waals surface area contributed by atoms with Gasteiger partial charge in [0.25, 0.3) is 5.91 Å². The van der Waals surface area contributed by atoms with Gasteiger partial charge in [-0.05, 0) is 53.6 Å². The molecule has 0 saturated carbocycles. The molecule has 2 nitrogen and oxygen atoms in total. The van der Waals surface area contributed by atoms with Crippen LogP contribution in [0.1, 0.15) is 23.2 Å². The lowest BCUT2D eigenvalue weighted by molar-refractivity contribution is 0.0666. The summed E-state index contributed by atoms with van der Waals surface area (Å²) in [5.41, 5.74) is 0.340. The zero-order chi connectivity index (χ0) is 12.4. The smallest absolute Gasteiger partial charge is 0.253 e. The predicted molar refractivity (Wildman–Crippen MR) is 69.2 cm³/mol. The summed E-state index contributed by atoms with van der Waals surface area (Å²) in [4.78, 5) is 13.6. The van der Waals surface area contributed by atoms with Crippen LogP contribution in [0.3, 0.4) is 0 Å². The first-order valence-electron chi connectivity index (χ1n) is 5.45. The number of halogens is 3. The third kappa shape index (κ3) is 3.14. The van der Waals surface area contributed by atoms with Crippen molar-refractivity contribution in [2.45, 2.75) is 19.0 Å². The average molecular weight is 351 g/mol. The number of likely N-dealkylation sites (tertiary alicyclic amines) is 1. The highest BCUT2D eigenvalue weighted by molar-refractivity contribution is 14.1. The SMILES string of the molecule is O=C(c1cc(F)cc(I)c1)N1CCC(F)CC1. The minimum absolute atomic E-state index is 0.214. The fourth-order valence-electron chi connectivity index (χ4n) is 1.91. The highest BCUT2D eigenvalue weighted by atomic mass is 127. The predicted octanol–water partition coefficient (Wildman–Crippen LogP) is 3.00. The van der Waals surface area contributed by atoms with Gasteiger partial charge in [0.2, 0.25) is 0 Å². The molecule has 0 aliphatic carbocycles. The fraction of sp³-hybridized carbons (Fsp3) is 0.417. The lowest BCUT2D eigenvalue weighted by atomic mass is 10.1. The maximum atomic E-state index is 13.2. The Kier molecular flexibility index (Phi) is 3.96. The highest BCUT2D eigenvalue weighted by Crippen LogP contribution is 2.18. The number of alkyl halides is 1. The van der Waals surface area contributed by atoms with Crippen LogP contribution < -0.4 is 0 Å². The third-order valence-corrected chi connectivity index (χ3v) is 3.44. The Morgan fingerprint density at radius 1 is 1.29 bits per heavy atom. The molecule has 0 aromatic heterocycles. The van der Waals surface area contributed by atoms with E-state index in [0.717, 1.165) is 0 Å². The van der Waals surface area contributed by atoms with E-state index in [0.29, 0.717) is 35.1 Å². The standard InChI is InChI=1S/C12H12F2INO/c13-9-1-3-16(4-2-9)12(17)8-5-10(14)7-11(15)6-8/h5-7,9H,1-4H2. The van der Waals surface area contributed by atoms with Crippen molar-refractivity contribution in [2.75, 3.05) is 13.1 Å². The maximum absolute atomic E-state index is 13.2. The van der Waals surface area contributed by atoms with Crippen molar-refractivity contribution in [3.8, 4) is 0 Å². The molecule has 0 bridgehead atoms. The quantitative estimate of drug-likeness (QED) is 0.713. The number of carbonyl (C=O) groups excluding carboxylic acids is 1. The molecule has 1 aromatic rings. The second kappa shape index (κ2) is 5.29. The molecule has 1 fully saturated rings. The molecule has 1 aromatic carbocycles. The number of rotatable bonds is 1. The fourth-order valence-corrected chi connectivity index (χ4v) is 2.54. The van der Waals surface area contributed by atoms with E-state index < -0.39 is 12.0 Å². The summed E-state index contributed by atoms with van der Waals surface area (Å²) in [6, 6.07) is 4.24. The number of benzene rings is 1. The van der Waals surface area contributed by atoms with Crippen molar-refractivity contribution in [3.05, 3.63) is 33.1 Å². The van der Waals surface area contributed by atoms with E-state index in [1.165, 1.54) is 12.1 Å². The van der Waals surface area contributed by atoms with Gasteiger partial charge in [-0.3, -0.25) is 4.79 Å². The summed E-state index contributed by atoms with van der Waals surface area (Å²) in [7, 11) is 0. The number of amides is 1. The van der Waals surface area contributed by atoms with Crippen LogP contribution in [-0.4, -0.2) is 30.1 Å². The van der Waals surface area contributed by atoms with Crippen molar-refractivity contribution >= 4 is 28.5 Å². The van der Waals surface area contributed by atoms with Gasteiger partial charge in [-0.2, -0.15) is 0 Å². The zero-order valence-corrected chi connectivity index (χ0v) is 11.3. The summed E-state index contributed by atoms with van der Waals surface area (Å²) in [6.45, 7) is 0.820. The lowest BCUT2D eigenvalue weighted by Gasteiger charge is -2.28. The van der Waals surface area contributed by atoms with Crippen LogP contribution in [0.5, 0.6) is 0 Å². The van der Waals surface area contributed by atoms with Crippen molar-refractivity contribution in [1.29, 1.82) is 0 Å². The molecule has 1 heterocycles. The van der Waals surface area contributed by atoms with E-state index in [4.69, 9.17) is 0 Å². The highest BCUT2D eigenvalue weighted by Gasteiger charge is 2.23. The summed E-state index contributed by atoms with van der Waals surface area (Å²) in [5, 5.41) is 0. The lowest BCUT2D eigenvalue weighted by Crippen LogP contribution is -2.39. The molecule has 1 amide bonds. The summed E-state index contributed by atoms with van der Waals surface area (Å²) < 4.78 is 26.8. The Labute approximate surface area is 112 Å². The van der Waals surface area contributed by atoms with Crippen molar-refractivity contribution in [3.63, 3.8) is 0 Å². The molecule has 17 heavy (non-hydrogen) atoms. The van der Waals surface area contributed by atoms with E-state index in [1.807, 2.05) is 22.6 Å². The Morgan fingerprint density at radius 3 is 2.53 bits per heavy atom. The first kappa shape index (κ1) is 12.7. The number of nitrogens with zero attached hydrogens (tertiary/aromatic N) is 1. The topological polar surface area (TPSA) is 20.3 Å². The van der Waals surface area contributed by atoms with Gasteiger partial charge in [0.05, 0.1) is 0 Å². The van der Waals surface area contributed by atoms with E-state index in [1.54, 1.807) is 11.0 Å². The van der Waals surface area contributed by atoms with Crippen LogP contribution in [0.25, 0.3) is 0 Å². The Bertz CT molecular complexity index is 410. The monoisotopic (exact) mass is 351 g/mol. The molecule has 1 aliphatic heterocycles. The minimum atomic E-state index is -0.813. The van der Waals surface area contributed by atoms with Gasteiger partial charge in [-0.1, -0.05) is 0 Å². The second-order valence-electron chi connectivity index (χ2n) is 4.12. The first-order chi connectivity index (χ1) is 8.06. The number of hydrogen-bond acceptors (Lipinski definition) is 1. The van der Waals surface area contributed by atoms with Gasteiger partial charge < -0.3 is 4.90 Å². The number of piperidine rings is 1. The largest absolute Gasteiger partial charge is 0.338 e. The molecular weight excluding hydrogens is 339 g/mol. The van der Waals surface area contributed by atoms with Gasteiger partial charge in [-0.15, -0.1) is 0 Å². The van der Waals surface area contributed by atoms with Crippen molar-refractivity contribution in [2.24, 2.45) is 0 Å². The van der Waals surface area contributed by atoms with Crippen LogP contribution in [0.4, 0.5) is 8.78 Å². The van der Waals surface area contributed by atoms with E-state index >= 15 is 0 Å². The van der Waals surface area contributed by atoms with Gasteiger partial charge in [0.1, 0.15) is 12.0 Å². The van der Waals surface area contributed by atoms with Gasteiger partial charge in [-0.25, -0.2) is 8.78 Å². The first-order valence-corrected chi connectivity index (χ1v) is 6.53.